The van der Waals surface area contributed by atoms with Crippen molar-refractivity contribution in [3.05, 3.63) is 59.9 Å². The van der Waals surface area contributed by atoms with Gasteiger partial charge in [0, 0.05) is 36.4 Å². The average molecular weight is 421 g/mol. The van der Waals surface area contributed by atoms with Crippen molar-refractivity contribution >= 4 is 41.8 Å². The molecule has 5 nitrogen and oxygen atoms in total. The maximum atomic E-state index is 13.0. The first-order valence-electron chi connectivity index (χ1n) is 9.15. The normalized spacial score (nSPS) is 19.0. The van der Waals surface area contributed by atoms with Crippen molar-refractivity contribution in [2.24, 2.45) is 0 Å². The fourth-order valence-electron chi connectivity index (χ4n) is 3.75. The fourth-order valence-corrected chi connectivity index (χ4v) is 3.75. The van der Waals surface area contributed by atoms with Gasteiger partial charge in [0.15, 0.2) is 0 Å². The summed E-state index contributed by atoms with van der Waals surface area (Å²) >= 11 is 0. The number of carbonyl (C=O) groups is 1. The number of aromatic nitrogens is 2. The molecule has 0 spiro atoms. The molecule has 7 heteroatoms. The van der Waals surface area contributed by atoms with Crippen molar-refractivity contribution in [2.45, 2.75) is 32.9 Å². The molecule has 2 unspecified atom stereocenters. The molecule has 1 aliphatic rings. The third-order valence-corrected chi connectivity index (χ3v) is 5.38. The first-order chi connectivity index (χ1) is 12.6. The van der Waals surface area contributed by atoms with Crippen molar-refractivity contribution in [1.29, 1.82) is 0 Å². The minimum absolute atomic E-state index is 0. The number of piperazine rings is 1. The zero-order chi connectivity index (χ0) is 18.3. The summed E-state index contributed by atoms with van der Waals surface area (Å²) in [6, 6.07) is 16.5. The Balaban J connectivity index is 0.00000140. The number of halogens is 2. The molecule has 0 saturated carbocycles. The van der Waals surface area contributed by atoms with E-state index in [1.807, 2.05) is 48.2 Å². The lowest BCUT2D eigenvalue weighted by molar-refractivity contribution is 0.0603. The van der Waals surface area contributed by atoms with Crippen LogP contribution in [-0.4, -0.2) is 45.5 Å². The molecule has 1 amide bonds. The van der Waals surface area contributed by atoms with Crippen LogP contribution in [0.5, 0.6) is 0 Å². The van der Waals surface area contributed by atoms with Gasteiger partial charge in [-0.25, -0.2) is 4.98 Å². The van der Waals surface area contributed by atoms with Crippen molar-refractivity contribution < 1.29 is 4.79 Å². The first kappa shape index (κ1) is 22.2. The Hall–Kier alpha value is -2.08. The van der Waals surface area contributed by atoms with Crippen molar-refractivity contribution in [1.82, 2.24) is 19.8 Å². The van der Waals surface area contributed by atoms with E-state index in [1.54, 1.807) is 0 Å². The number of rotatable bonds is 2. The average Bonchev–Trinajstić information content (AvgIpc) is 2.99. The van der Waals surface area contributed by atoms with E-state index in [0.29, 0.717) is 11.6 Å². The van der Waals surface area contributed by atoms with Gasteiger partial charge in [-0.15, -0.1) is 24.8 Å². The van der Waals surface area contributed by atoms with Crippen molar-refractivity contribution in [3.8, 4) is 5.69 Å². The summed E-state index contributed by atoms with van der Waals surface area (Å²) in [7, 11) is 0. The first-order valence-corrected chi connectivity index (χ1v) is 9.15. The molecule has 150 valence electrons. The van der Waals surface area contributed by atoms with Crippen molar-refractivity contribution in [2.75, 3.05) is 13.1 Å². The zero-order valence-corrected chi connectivity index (χ0v) is 17.9. The molecule has 1 N–H and O–H groups in total. The Labute approximate surface area is 178 Å². The molecule has 3 aromatic rings. The minimum Gasteiger partial charge on any atom is -0.333 e. The summed E-state index contributed by atoms with van der Waals surface area (Å²) in [5.74, 6) is 1.000. The molecule has 2 heterocycles. The van der Waals surface area contributed by atoms with Crippen LogP contribution in [0.25, 0.3) is 16.7 Å². The van der Waals surface area contributed by atoms with Crippen LogP contribution in [0.2, 0.25) is 0 Å². The standard InChI is InChI=1S/C21H24N4O.2ClH/c1-14-15(2)24(12-11-22-14)21(26)17-9-10-20-19(13-17)23-16(3)25(20)18-7-5-4-6-8-18;;/h4-10,13-15,22H,11-12H2,1-3H3;2*1H. The maximum Gasteiger partial charge on any atom is 0.254 e. The second-order valence-corrected chi connectivity index (χ2v) is 7.02. The minimum atomic E-state index is 0. The summed E-state index contributed by atoms with van der Waals surface area (Å²) in [6.07, 6.45) is 0. The van der Waals surface area contributed by atoms with Gasteiger partial charge in [-0.3, -0.25) is 9.36 Å². The maximum absolute atomic E-state index is 13.0. The highest BCUT2D eigenvalue weighted by Crippen LogP contribution is 2.23. The number of aryl methyl sites for hydroxylation is 1. The molecule has 0 radical (unpaired) electrons. The van der Waals surface area contributed by atoms with Crippen LogP contribution < -0.4 is 5.32 Å². The van der Waals surface area contributed by atoms with Crippen LogP contribution in [0.3, 0.4) is 0 Å². The summed E-state index contributed by atoms with van der Waals surface area (Å²) in [4.78, 5) is 19.7. The number of nitrogens with one attached hydrogen (secondary N) is 1. The highest BCUT2D eigenvalue weighted by Gasteiger charge is 2.29. The van der Waals surface area contributed by atoms with Gasteiger partial charge in [0.25, 0.3) is 5.91 Å². The highest BCUT2D eigenvalue weighted by atomic mass is 35.5. The monoisotopic (exact) mass is 420 g/mol. The second-order valence-electron chi connectivity index (χ2n) is 7.02. The van der Waals surface area contributed by atoms with Crippen molar-refractivity contribution in [3.63, 3.8) is 0 Å². The number of para-hydroxylation sites is 1. The Bertz CT molecular complexity index is 958. The van der Waals surface area contributed by atoms with Crippen LogP contribution in [0, 0.1) is 6.92 Å². The van der Waals surface area contributed by atoms with E-state index in [-0.39, 0.29) is 36.8 Å². The van der Waals surface area contributed by atoms with Crippen LogP contribution in [0.4, 0.5) is 0 Å². The largest absolute Gasteiger partial charge is 0.333 e. The topological polar surface area (TPSA) is 50.2 Å². The number of benzene rings is 2. The van der Waals surface area contributed by atoms with Gasteiger partial charge in [-0.05, 0) is 51.1 Å². The highest BCUT2D eigenvalue weighted by molar-refractivity contribution is 5.98. The molecule has 0 aliphatic carbocycles. The van der Waals surface area contributed by atoms with E-state index >= 15 is 0 Å². The number of fused-ring (bicyclic) bond motifs is 1. The number of carbonyl (C=O) groups excluding carboxylic acids is 1. The number of hydrogen-bond donors (Lipinski definition) is 1. The lowest BCUT2D eigenvalue weighted by Crippen LogP contribution is -2.57. The summed E-state index contributed by atoms with van der Waals surface area (Å²) in [6.45, 7) is 7.79. The van der Waals surface area contributed by atoms with E-state index in [2.05, 4.69) is 35.9 Å². The zero-order valence-electron chi connectivity index (χ0n) is 16.3. The van der Waals surface area contributed by atoms with E-state index in [4.69, 9.17) is 4.98 Å². The van der Waals surface area contributed by atoms with Gasteiger partial charge in [0.05, 0.1) is 11.0 Å². The third kappa shape index (κ3) is 3.88. The van der Waals surface area contributed by atoms with Gasteiger partial charge < -0.3 is 10.2 Å². The number of imidazole rings is 1. The smallest absolute Gasteiger partial charge is 0.254 e. The van der Waals surface area contributed by atoms with Gasteiger partial charge >= 0.3 is 0 Å². The number of hydrogen-bond acceptors (Lipinski definition) is 3. The lowest BCUT2D eigenvalue weighted by Gasteiger charge is -2.38. The van der Waals surface area contributed by atoms with Crippen LogP contribution >= 0.6 is 24.8 Å². The molecule has 28 heavy (non-hydrogen) atoms. The second kappa shape index (κ2) is 8.95. The van der Waals surface area contributed by atoms with Gasteiger partial charge in [-0.2, -0.15) is 0 Å². The third-order valence-electron chi connectivity index (χ3n) is 5.38. The van der Waals surface area contributed by atoms with E-state index in [0.717, 1.165) is 35.6 Å². The quantitative estimate of drug-likeness (QED) is 0.681. The molecule has 2 atom stereocenters. The SMILES string of the molecule is Cc1nc2cc(C(=O)N3CCNC(C)C3C)ccc2n1-c1ccccc1.Cl.Cl. The Morgan fingerprint density at radius 3 is 2.54 bits per heavy atom. The van der Waals surface area contributed by atoms with E-state index < -0.39 is 0 Å². The molecule has 1 saturated heterocycles. The summed E-state index contributed by atoms with van der Waals surface area (Å²) < 4.78 is 2.12. The van der Waals surface area contributed by atoms with E-state index in [9.17, 15) is 4.79 Å². The molecule has 1 aliphatic heterocycles. The molecule has 1 fully saturated rings. The van der Waals surface area contributed by atoms with Gasteiger partial charge in [-0.1, -0.05) is 18.2 Å². The Morgan fingerprint density at radius 2 is 1.82 bits per heavy atom. The predicted molar refractivity (Wildman–Crippen MR) is 118 cm³/mol. The number of nitrogens with zero attached hydrogens (tertiary/aromatic N) is 3. The predicted octanol–water partition coefficient (Wildman–Crippen LogP) is 4.00. The molecule has 1 aromatic heterocycles. The van der Waals surface area contributed by atoms with E-state index in [1.165, 1.54) is 0 Å². The van der Waals surface area contributed by atoms with Gasteiger partial charge in [0.2, 0.25) is 0 Å². The summed E-state index contributed by atoms with van der Waals surface area (Å²) in [5, 5.41) is 3.42. The lowest BCUT2D eigenvalue weighted by atomic mass is 10.0. The van der Waals surface area contributed by atoms with Crippen LogP contribution in [0.15, 0.2) is 48.5 Å². The Morgan fingerprint density at radius 1 is 1.11 bits per heavy atom. The fraction of sp³-hybridized carbons (Fsp3) is 0.333. The van der Waals surface area contributed by atoms with Crippen LogP contribution in [-0.2, 0) is 0 Å². The molecule has 2 aromatic carbocycles. The number of amides is 1. The molecule has 0 bridgehead atoms. The molecule has 4 rings (SSSR count). The summed E-state index contributed by atoms with van der Waals surface area (Å²) in [5.41, 5.74) is 3.66. The Kier molecular flexibility index (Phi) is 7.10. The van der Waals surface area contributed by atoms with Gasteiger partial charge in [0.1, 0.15) is 5.82 Å². The van der Waals surface area contributed by atoms with Crippen LogP contribution in [0.1, 0.15) is 30.0 Å². The molecular weight excluding hydrogens is 395 g/mol. The molecular formula is C21H26Cl2N4O.